The Balaban J connectivity index is 2.07. The van der Waals surface area contributed by atoms with Crippen LogP contribution < -0.4 is 5.32 Å². The third-order valence-corrected chi connectivity index (χ3v) is 4.04. The summed E-state index contributed by atoms with van der Waals surface area (Å²) in [6.45, 7) is 5.86. The third-order valence-electron chi connectivity index (χ3n) is 4.04. The van der Waals surface area contributed by atoms with Crippen LogP contribution in [0.2, 0.25) is 0 Å². The molecule has 2 heterocycles. The van der Waals surface area contributed by atoms with E-state index in [-0.39, 0.29) is 5.41 Å². The number of carbonyl (C=O) groups is 1. The molecule has 3 nitrogen and oxygen atoms in total. The number of carbonyl (C=O) groups excluding carboxylic acids is 1. The van der Waals surface area contributed by atoms with Crippen LogP contribution in [0.1, 0.15) is 32.6 Å². The molecule has 1 saturated heterocycles. The van der Waals surface area contributed by atoms with Crippen LogP contribution >= 0.6 is 0 Å². The lowest BCUT2D eigenvalue weighted by Gasteiger charge is -2.40. The monoisotopic (exact) mass is 222 g/mol. The highest BCUT2D eigenvalue weighted by Gasteiger charge is 2.40. The first-order valence-corrected chi connectivity index (χ1v) is 6.43. The molecule has 0 atom stereocenters. The summed E-state index contributed by atoms with van der Waals surface area (Å²) in [5, 5.41) is 3.35. The first-order chi connectivity index (χ1) is 7.78. The quantitative estimate of drug-likeness (QED) is 0.719. The normalized spacial score (nSPS) is 24.4. The molecule has 2 aliphatic rings. The molecule has 0 aromatic heterocycles. The van der Waals surface area contributed by atoms with Gasteiger partial charge in [0, 0.05) is 13.1 Å². The molecule has 0 aromatic rings. The van der Waals surface area contributed by atoms with Gasteiger partial charge in [-0.15, -0.1) is 0 Å². The molecule has 1 amide bonds. The number of amides is 1. The van der Waals surface area contributed by atoms with Crippen molar-refractivity contribution in [3.05, 3.63) is 12.2 Å². The number of nitrogens with one attached hydrogen (secondary N) is 1. The zero-order valence-corrected chi connectivity index (χ0v) is 10.2. The molecule has 0 aromatic carbocycles. The van der Waals surface area contributed by atoms with Gasteiger partial charge in [-0.2, -0.15) is 0 Å². The van der Waals surface area contributed by atoms with Crippen molar-refractivity contribution in [1.82, 2.24) is 10.2 Å². The molecule has 16 heavy (non-hydrogen) atoms. The Morgan fingerprint density at radius 2 is 2.12 bits per heavy atom. The van der Waals surface area contributed by atoms with Crippen molar-refractivity contribution in [2.75, 3.05) is 26.2 Å². The summed E-state index contributed by atoms with van der Waals surface area (Å²) >= 11 is 0. The fourth-order valence-electron chi connectivity index (χ4n) is 2.79. The zero-order chi connectivity index (χ0) is 11.4. The Bertz CT molecular complexity index is 280. The van der Waals surface area contributed by atoms with Crippen LogP contribution in [0.4, 0.5) is 0 Å². The van der Waals surface area contributed by atoms with Crippen molar-refractivity contribution in [1.29, 1.82) is 0 Å². The fraction of sp³-hybridized carbons (Fsp3) is 0.769. The van der Waals surface area contributed by atoms with Crippen LogP contribution in [-0.4, -0.2) is 37.0 Å². The molecule has 0 radical (unpaired) electrons. The second-order valence-corrected chi connectivity index (χ2v) is 4.90. The predicted octanol–water partition coefficient (Wildman–Crippen LogP) is 1.55. The maximum Gasteiger partial charge on any atom is 0.229 e. The molecule has 0 spiro atoms. The van der Waals surface area contributed by atoms with E-state index in [1.54, 1.807) is 0 Å². The summed E-state index contributed by atoms with van der Waals surface area (Å²) in [7, 11) is 0. The van der Waals surface area contributed by atoms with Gasteiger partial charge in [-0.1, -0.05) is 19.1 Å². The maximum atomic E-state index is 12.6. The summed E-state index contributed by atoms with van der Waals surface area (Å²) < 4.78 is 0. The number of nitrogens with zero attached hydrogens (tertiary/aromatic N) is 1. The molecule has 0 saturated carbocycles. The van der Waals surface area contributed by atoms with E-state index in [4.69, 9.17) is 0 Å². The van der Waals surface area contributed by atoms with Crippen molar-refractivity contribution in [2.24, 2.45) is 5.41 Å². The molecule has 1 N–H and O–H groups in total. The van der Waals surface area contributed by atoms with Crippen molar-refractivity contribution in [2.45, 2.75) is 32.6 Å². The van der Waals surface area contributed by atoms with Gasteiger partial charge >= 0.3 is 0 Å². The molecular weight excluding hydrogens is 200 g/mol. The third kappa shape index (κ3) is 2.14. The Morgan fingerprint density at radius 1 is 1.38 bits per heavy atom. The number of hydrogen-bond donors (Lipinski definition) is 1. The summed E-state index contributed by atoms with van der Waals surface area (Å²) in [4.78, 5) is 14.6. The molecule has 2 rings (SSSR count). The molecule has 0 aliphatic carbocycles. The number of rotatable bonds is 2. The summed E-state index contributed by atoms with van der Waals surface area (Å²) in [6.07, 6.45) is 8.29. The minimum atomic E-state index is -0.0730. The van der Waals surface area contributed by atoms with Gasteiger partial charge in [-0.05, 0) is 38.8 Å². The van der Waals surface area contributed by atoms with Crippen molar-refractivity contribution >= 4 is 5.91 Å². The van der Waals surface area contributed by atoms with E-state index in [2.05, 4.69) is 24.4 Å². The number of piperidine rings is 1. The smallest absolute Gasteiger partial charge is 0.229 e. The molecule has 90 valence electrons. The van der Waals surface area contributed by atoms with Gasteiger partial charge in [-0.3, -0.25) is 4.79 Å². The lowest BCUT2D eigenvalue weighted by atomic mass is 9.75. The van der Waals surface area contributed by atoms with Gasteiger partial charge in [-0.25, -0.2) is 0 Å². The van der Waals surface area contributed by atoms with Crippen molar-refractivity contribution in [3.63, 3.8) is 0 Å². The van der Waals surface area contributed by atoms with Crippen molar-refractivity contribution < 1.29 is 4.79 Å². The average molecular weight is 222 g/mol. The molecular formula is C13H22N2O. The molecule has 0 bridgehead atoms. The second-order valence-electron chi connectivity index (χ2n) is 4.90. The molecule has 3 heteroatoms. The molecule has 0 unspecified atom stereocenters. The number of hydrogen-bond acceptors (Lipinski definition) is 2. The zero-order valence-electron chi connectivity index (χ0n) is 10.2. The van der Waals surface area contributed by atoms with Gasteiger partial charge in [0.25, 0.3) is 0 Å². The van der Waals surface area contributed by atoms with Gasteiger partial charge in [0.1, 0.15) is 0 Å². The maximum absolute atomic E-state index is 12.6. The van der Waals surface area contributed by atoms with Crippen molar-refractivity contribution in [3.8, 4) is 0 Å². The fourth-order valence-corrected chi connectivity index (χ4v) is 2.79. The Morgan fingerprint density at radius 3 is 2.69 bits per heavy atom. The van der Waals surface area contributed by atoms with E-state index in [1.165, 1.54) is 0 Å². The Labute approximate surface area is 97.9 Å². The lowest BCUT2D eigenvalue weighted by molar-refractivity contribution is -0.143. The van der Waals surface area contributed by atoms with E-state index in [9.17, 15) is 4.79 Å². The minimum absolute atomic E-state index is 0.0730. The van der Waals surface area contributed by atoms with Gasteiger partial charge in [0.05, 0.1) is 5.41 Å². The minimum Gasteiger partial charge on any atom is -0.338 e. The Hall–Kier alpha value is -0.830. The summed E-state index contributed by atoms with van der Waals surface area (Å²) in [5.74, 6) is 0.390. The highest BCUT2D eigenvalue weighted by molar-refractivity contribution is 5.83. The Kier molecular flexibility index (Phi) is 3.64. The van der Waals surface area contributed by atoms with Gasteiger partial charge < -0.3 is 10.2 Å². The second kappa shape index (κ2) is 5.00. The van der Waals surface area contributed by atoms with E-state index in [1.807, 2.05) is 4.90 Å². The average Bonchev–Trinajstić information content (AvgIpc) is 2.39. The summed E-state index contributed by atoms with van der Waals surface area (Å²) in [6, 6.07) is 0. The van der Waals surface area contributed by atoms with Crippen LogP contribution in [-0.2, 0) is 4.79 Å². The first-order valence-electron chi connectivity index (χ1n) is 6.43. The van der Waals surface area contributed by atoms with Gasteiger partial charge in [0.2, 0.25) is 5.91 Å². The van der Waals surface area contributed by atoms with Gasteiger partial charge in [0.15, 0.2) is 0 Å². The predicted molar refractivity (Wildman–Crippen MR) is 65.2 cm³/mol. The summed E-state index contributed by atoms with van der Waals surface area (Å²) in [5.41, 5.74) is -0.0730. The largest absolute Gasteiger partial charge is 0.338 e. The van der Waals surface area contributed by atoms with E-state index in [0.29, 0.717) is 5.91 Å². The lowest BCUT2D eigenvalue weighted by Crippen LogP contribution is -2.49. The van der Waals surface area contributed by atoms with Crippen LogP contribution in [0, 0.1) is 5.41 Å². The SMILES string of the molecule is CCC1(C(=O)N2CC=CCC2)CCNCC1. The van der Waals surface area contributed by atoms with Crippen LogP contribution in [0.25, 0.3) is 0 Å². The van der Waals surface area contributed by atoms with E-state index in [0.717, 1.165) is 51.9 Å². The standard InChI is InChI=1S/C13H22N2O/c1-2-13(6-8-14-9-7-13)12(16)15-10-4-3-5-11-15/h3-4,14H,2,5-11H2,1H3. The molecule has 2 aliphatic heterocycles. The molecule has 1 fully saturated rings. The van der Waals surface area contributed by atoms with E-state index >= 15 is 0 Å². The van der Waals surface area contributed by atoms with Crippen LogP contribution in [0.3, 0.4) is 0 Å². The first kappa shape index (κ1) is 11.6. The van der Waals surface area contributed by atoms with Crippen LogP contribution in [0.5, 0.6) is 0 Å². The van der Waals surface area contributed by atoms with Crippen LogP contribution in [0.15, 0.2) is 12.2 Å². The highest BCUT2D eigenvalue weighted by Crippen LogP contribution is 2.35. The topological polar surface area (TPSA) is 32.3 Å². The highest BCUT2D eigenvalue weighted by atomic mass is 16.2. The van der Waals surface area contributed by atoms with E-state index < -0.39 is 0 Å².